The minimum Gasteiger partial charge on any atom is -0.495 e. The van der Waals surface area contributed by atoms with Gasteiger partial charge in [-0.1, -0.05) is 188 Å². The van der Waals surface area contributed by atoms with E-state index in [4.69, 9.17) is 29.4 Å². The largest absolute Gasteiger partial charge is 0.495 e. The second-order valence-corrected chi connectivity index (χ2v) is 30.3. The number of hydrogen-bond donors (Lipinski definition) is 13. The normalized spacial score (nSPS) is 12.6. The Morgan fingerprint density at radius 1 is 0.409 bits per heavy atom. The molecule has 127 heavy (non-hydrogen) atoms. The van der Waals surface area contributed by atoms with Gasteiger partial charge in [0.1, 0.15) is 23.0 Å². The summed E-state index contributed by atoms with van der Waals surface area (Å²) in [7, 11) is 7.83. The molecule has 0 unspecified atom stereocenters. The van der Waals surface area contributed by atoms with E-state index in [2.05, 4.69) is 72.8 Å². The Balaban J connectivity index is 0.000000146. The Morgan fingerprint density at radius 2 is 0.732 bits per heavy atom. The number of carbonyl (C=O) groups excluding carboxylic acids is 5. The maximum absolute atomic E-state index is 13.2. The van der Waals surface area contributed by atoms with Crippen LogP contribution in [0.15, 0.2) is 229 Å². The van der Waals surface area contributed by atoms with Crippen molar-refractivity contribution in [1.82, 2.24) is 67.4 Å². The van der Waals surface area contributed by atoms with Gasteiger partial charge in [0, 0.05) is 33.2 Å². The third-order valence-corrected chi connectivity index (χ3v) is 21.6. The SMILES string of the molecule is COCc1ccc(/C=C/c2[nH]nc3ccc(C(=O)N[C@H](CO)c4ccccc4)c(OC)c23)cc1.COc1c(C(=O)NC2CC2)ccc2n[nH]c(/C=C/c3ccsc3)c12.COc1c(C(=O)N[C@H](CO)c2ccccc2)ccc2n[nH]c(/C=C/c3ccc(CN)cc3)c12.COc1c(C(=O)N[C@H](CO)c2ccccc2)ccc2n[nH]c(/C=C/c3ccc(CNC(C)=O)cc3)c12. The average molecular weight is 1720 g/mol. The number of hydrogen-bond acceptors (Lipinski definition) is 19. The smallest absolute Gasteiger partial charge is 0.255 e. The van der Waals surface area contributed by atoms with Crippen molar-refractivity contribution in [3.63, 3.8) is 0 Å². The van der Waals surface area contributed by atoms with E-state index in [-0.39, 0.29) is 49.4 Å². The lowest BCUT2D eigenvalue weighted by Gasteiger charge is -2.18. The Morgan fingerprint density at radius 3 is 1.02 bits per heavy atom. The fraction of sp³-hybridized carbons (Fsp3) is 0.182. The molecule has 1 saturated carbocycles. The fourth-order valence-electron chi connectivity index (χ4n) is 14.1. The maximum atomic E-state index is 13.2. The van der Waals surface area contributed by atoms with Gasteiger partial charge in [-0.2, -0.15) is 31.7 Å². The van der Waals surface area contributed by atoms with Gasteiger partial charge in [0.25, 0.3) is 23.6 Å². The molecule has 0 aliphatic heterocycles. The van der Waals surface area contributed by atoms with Gasteiger partial charge in [-0.25, -0.2) is 0 Å². The number of aliphatic hydroxyl groups excluding tert-OH is 3. The van der Waals surface area contributed by atoms with Crippen molar-refractivity contribution in [2.45, 2.75) is 63.6 Å². The van der Waals surface area contributed by atoms with Crippen LogP contribution in [0.1, 0.15) is 158 Å². The Hall–Kier alpha value is -14.9. The van der Waals surface area contributed by atoms with Crippen LogP contribution in [-0.2, 0) is 29.2 Å². The van der Waals surface area contributed by atoms with Crippen molar-refractivity contribution in [3.05, 3.63) is 330 Å². The van der Waals surface area contributed by atoms with Gasteiger partial charge < -0.3 is 71.3 Å². The van der Waals surface area contributed by atoms with Crippen LogP contribution in [0.4, 0.5) is 0 Å². The molecule has 5 heterocycles. The van der Waals surface area contributed by atoms with Crippen LogP contribution in [-0.4, -0.2) is 147 Å². The predicted octanol–water partition coefficient (Wildman–Crippen LogP) is 15.6. The molecule has 28 heteroatoms. The molecule has 648 valence electrons. The molecule has 1 fully saturated rings. The summed E-state index contributed by atoms with van der Waals surface area (Å²) in [4.78, 5) is 63.0. The summed E-state index contributed by atoms with van der Waals surface area (Å²) in [5, 5.41) is 80.4. The van der Waals surface area contributed by atoms with Gasteiger partial charge in [0.2, 0.25) is 5.91 Å². The molecule has 27 nitrogen and oxygen atoms in total. The van der Waals surface area contributed by atoms with E-state index in [1.165, 1.54) is 28.3 Å². The van der Waals surface area contributed by atoms with Crippen LogP contribution < -0.4 is 51.3 Å². The molecule has 0 saturated heterocycles. The zero-order valence-corrected chi connectivity index (χ0v) is 71.5. The first-order valence-corrected chi connectivity index (χ1v) is 41.8. The second-order valence-electron chi connectivity index (χ2n) is 29.5. The van der Waals surface area contributed by atoms with Gasteiger partial charge in [0.05, 0.1) is 162 Å². The highest BCUT2D eigenvalue weighted by Gasteiger charge is 2.29. The van der Waals surface area contributed by atoms with Gasteiger partial charge in [0.15, 0.2) is 0 Å². The zero-order valence-electron chi connectivity index (χ0n) is 70.7. The molecular weight excluding hydrogens is 1630 g/mol. The van der Waals surface area contributed by atoms with E-state index in [1.54, 1.807) is 68.0 Å². The molecule has 0 radical (unpaired) electrons. The van der Waals surface area contributed by atoms with Gasteiger partial charge in [-0.3, -0.25) is 44.4 Å². The van der Waals surface area contributed by atoms with E-state index < -0.39 is 18.1 Å². The Kier molecular flexibility index (Phi) is 31.1. The lowest BCUT2D eigenvalue weighted by Crippen LogP contribution is -2.31. The highest BCUT2D eigenvalue weighted by atomic mass is 32.1. The fourth-order valence-corrected chi connectivity index (χ4v) is 14.8. The summed E-state index contributed by atoms with van der Waals surface area (Å²) in [5.41, 5.74) is 22.8. The summed E-state index contributed by atoms with van der Waals surface area (Å²) in [5.74, 6) is 0.590. The predicted molar refractivity (Wildman–Crippen MR) is 498 cm³/mol. The summed E-state index contributed by atoms with van der Waals surface area (Å²) >= 11 is 1.65. The summed E-state index contributed by atoms with van der Waals surface area (Å²) in [6.07, 6.45) is 17.6. The van der Waals surface area contributed by atoms with E-state index in [0.717, 1.165) is 96.5 Å². The molecule has 5 aromatic heterocycles. The lowest BCUT2D eigenvalue weighted by atomic mass is 10.0. The van der Waals surface area contributed by atoms with Crippen molar-refractivity contribution in [2.24, 2.45) is 5.73 Å². The number of nitrogens with one attached hydrogen (secondary N) is 9. The molecule has 3 atom stereocenters. The Labute approximate surface area is 736 Å². The van der Waals surface area contributed by atoms with Gasteiger partial charge in [-0.05, 0) is 158 Å². The number of fused-ring (bicyclic) bond motifs is 4. The molecule has 15 aromatic rings. The summed E-state index contributed by atoms with van der Waals surface area (Å²) < 4.78 is 27.7. The van der Waals surface area contributed by atoms with Crippen molar-refractivity contribution in [3.8, 4) is 23.0 Å². The first-order chi connectivity index (χ1) is 62.0. The van der Waals surface area contributed by atoms with E-state index in [1.807, 2.05) is 230 Å². The molecular formula is C99H98N14O13S. The number of rotatable bonds is 31. The highest BCUT2D eigenvalue weighted by molar-refractivity contribution is 7.08. The number of aromatic amines is 4. The quantitative estimate of drug-likeness (QED) is 0.0192. The lowest BCUT2D eigenvalue weighted by molar-refractivity contribution is -0.119. The molecule has 10 aromatic carbocycles. The van der Waals surface area contributed by atoms with Crippen LogP contribution in [0, 0.1) is 0 Å². The van der Waals surface area contributed by atoms with Crippen molar-refractivity contribution < 1.29 is 63.0 Å². The Bertz CT molecular complexity index is 6370. The molecule has 0 bridgehead atoms. The number of carbonyl (C=O) groups is 5. The standard InChI is InChI=1S/C28H28N4O4.C27H27N3O4.C26H26N4O3.C18H17N3O2S/c1-18(34)29-16-20-10-8-19(9-11-20)12-14-23-26-24(32-31-23)15-13-22(27(26)36-2)28(35)30-25(17-33)21-6-4-3-5-7-21;1-33-17-19-10-8-18(9-11-19)12-14-22-25-23(30-29-22)15-13-21(26(25)34-2)27(32)28-24(16-31)20-6-4-3-5-7-20;1-33-25-20(26(32)28-23(16-31)19-5-3-2-4-6-19)12-14-22-24(25)21(29-30-22)13-11-17-7-9-18(15-27)10-8-17;1-23-17-13(18(22)19-12-3-4-12)5-7-15-16(17)14(20-21-15)6-2-11-8-9-24-10-11/h3-15,25,33H,16-17H2,1-2H3,(H,29,34)(H,30,35)(H,31,32);3-15,24,31H,16-17H2,1-2H3,(H,28,32)(H,29,30);2-14,23,31H,15-16,27H2,1H3,(H,28,32)(H,29,30);2,5-10,12H,3-4H2,1H3,(H,19,22)(H,20,21)/b2*14-12+;13-11+;6-2+/t25-;24-;23-;/m111./s1. The molecule has 1 aliphatic carbocycles. The summed E-state index contributed by atoms with van der Waals surface area (Å²) in [6, 6.07) is 66.5. The first-order valence-electron chi connectivity index (χ1n) is 40.9. The minimum absolute atomic E-state index is 0.0703. The number of benzene rings is 10. The number of amides is 5. The zero-order chi connectivity index (χ0) is 89.1. The molecule has 0 spiro atoms. The maximum Gasteiger partial charge on any atom is 0.255 e. The number of nitrogens with zero attached hydrogens (tertiary/aromatic N) is 4. The number of thiophene rings is 1. The average Bonchev–Trinajstić information content (AvgIpc) is 1.61. The van der Waals surface area contributed by atoms with Gasteiger partial charge >= 0.3 is 0 Å². The van der Waals surface area contributed by atoms with Crippen LogP contribution >= 0.6 is 11.3 Å². The number of H-pyrrole nitrogens is 4. The number of aromatic nitrogens is 8. The van der Waals surface area contributed by atoms with Crippen LogP contribution in [0.25, 0.3) is 92.2 Å². The second kappa shape index (κ2) is 43.9. The van der Waals surface area contributed by atoms with Crippen LogP contribution in [0.5, 0.6) is 23.0 Å². The van der Waals surface area contributed by atoms with E-state index in [9.17, 15) is 39.3 Å². The van der Waals surface area contributed by atoms with E-state index >= 15 is 0 Å². The van der Waals surface area contributed by atoms with Crippen molar-refractivity contribution in [1.29, 1.82) is 0 Å². The molecule has 14 N–H and O–H groups in total. The topological polar surface area (TPSA) is 393 Å². The summed E-state index contributed by atoms with van der Waals surface area (Å²) in [6.45, 7) is 2.37. The van der Waals surface area contributed by atoms with Crippen LogP contribution in [0.3, 0.4) is 0 Å². The number of ether oxygens (including phenoxy) is 5. The minimum atomic E-state index is -0.545. The number of aliphatic hydroxyl groups is 3. The highest BCUT2D eigenvalue weighted by Crippen LogP contribution is 2.38. The van der Waals surface area contributed by atoms with E-state index in [0.29, 0.717) is 109 Å². The molecule has 16 rings (SSSR count). The molecule has 1 aliphatic rings. The third kappa shape index (κ3) is 22.7. The van der Waals surface area contributed by atoms with Gasteiger partial charge in [-0.15, -0.1) is 0 Å². The third-order valence-electron chi connectivity index (χ3n) is 20.9. The van der Waals surface area contributed by atoms with Crippen molar-refractivity contribution >= 4 is 133 Å². The molecule has 5 amide bonds. The monoisotopic (exact) mass is 1720 g/mol. The van der Waals surface area contributed by atoms with Crippen LogP contribution in [0.2, 0.25) is 0 Å². The number of methoxy groups -OCH3 is 5. The number of nitrogens with two attached hydrogens (primary N) is 1. The first kappa shape index (κ1) is 89.8. The van der Waals surface area contributed by atoms with Crippen molar-refractivity contribution in [2.75, 3.05) is 55.4 Å².